The second-order valence-electron chi connectivity index (χ2n) is 3.70. The smallest absolute Gasteiger partial charge is 0.358 e. The molecule has 4 nitrogen and oxygen atoms in total. The zero-order chi connectivity index (χ0) is 10.2. The summed E-state index contributed by atoms with van der Waals surface area (Å²) in [5.41, 5.74) is -0.383. The van der Waals surface area contributed by atoms with Crippen molar-refractivity contribution in [2.75, 3.05) is 0 Å². The number of aromatic carboxylic acids is 1. The van der Waals surface area contributed by atoms with Crippen molar-refractivity contribution in [2.24, 2.45) is 0 Å². The van der Waals surface area contributed by atoms with Gasteiger partial charge < -0.3 is 9.52 Å². The van der Waals surface area contributed by atoms with E-state index in [1.807, 2.05) is 20.8 Å². The van der Waals surface area contributed by atoms with Crippen molar-refractivity contribution >= 4 is 21.9 Å². The Morgan fingerprint density at radius 1 is 1.54 bits per heavy atom. The van der Waals surface area contributed by atoms with Crippen LogP contribution in [0.15, 0.2) is 9.22 Å². The van der Waals surface area contributed by atoms with Crippen LogP contribution < -0.4 is 0 Å². The van der Waals surface area contributed by atoms with E-state index in [4.69, 9.17) is 9.52 Å². The highest BCUT2D eigenvalue weighted by Gasteiger charge is 2.28. The normalized spacial score (nSPS) is 11.7. The lowest BCUT2D eigenvalue weighted by Crippen LogP contribution is -2.15. The maximum atomic E-state index is 10.7. The molecule has 0 atom stereocenters. The van der Waals surface area contributed by atoms with Crippen molar-refractivity contribution in [3.8, 4) is 0 Å². The van der Waals surface area contributed by atoms with E-state index >= 15 is 0 Å². The Balaban J connectivity index is 3.28. The van der Waals surface area contributed by atoms with Crippen LogP contribution in [0.5, 0.6) is 0 Å². The number of hydrogen-bond donors (Lipinski definition) is 1. The number of aromatic nitrogens is 1. The molecule has 1 rings (SSSR count). The van der Waals surface area contributed by atoms with Gasteiger partial charge in [0, 0.05) is 21.3 Å². The number of halogens is 1. The fourth-order valence-electron chi connectivity index (χ4n) is 0.947. The van der Waals surface area contributed by atoms with Crippen molar-refractivity contribution in [1.29, 1.82) is 0 Å². The van der Waals surface area contributed by atoms with Crippen molar-refractivity contribution in [2.45, 2.75) is 26.2 Å². The predicted molar refractivity (Wildman–Crippen MR) is 49.9 cm³/mol. The van der Waals surface area contributed by atoms with E-state index in [1.54, 1.807) is 0 Å². The molecule has 1 aromatic heterocycles. The molecule has 0 saturated carbocycles. The highest BCUT2D eigenvalue weighted by atomic mass is 79.9. The van der Waals surface area contributed by atoms with E-state index in [2.05, 4.69) is 20.9 Å². The second-order valence-corrected chi connectivity index (χ2v) is 4.38. The minimum absolute atomic E-state index is 0.0284. The van der Waals surface area contributed by atoms with E-state index in [0.717, 1.165) is 0 Å². The third kappa shape index (κ3) is 2.09. The minimum atomic E-state index is -1.07. The maximum Gasteiger partial charge on any atom is 0.358 e. The maximum absolute atomic E-state index is 10.7. The van der Waals surface area contributed by atoms with Gasteiger partial charge in [0.15, 0.2) is 5.69 Å². The summed E-state index contributed by atoms with van der Waals surface area (Å²) in [6, 6.07) is 0. The van der Waals surface area contributed by atoms with Crippen LogP contribution in [0.25, 0.3) is 0 Å². The van der Waals surface area contributed by atoms with Crippen LogP contribution in [-0.2, 0) is 5.41 Å². The summed E-state index contributed by atoms with van der Waals surface area (Å²) in [6.07, 6.45) is 0. The Kier molecular flexibility index (Phi) is 2.47. The summed E-state index contributed by atoms with van der Waals surface area (Å²) in [5, 5.41) is 8.80. The number of oxazole rings is 1. The molecule has 1 N–H and O–H groups in total. The lowest BCUT2D eigenvalue weighted by Gasteiger charge is -2.14. The predicted octanol–water partition coefficient (Wildman–Crippen LogP) is 2.43. The van der Waals surface area contributed by atoms with Crippen LogP contribution in [0.4, 0.5) is 0 Å². The van der Waals surface area contributed by atoms with Crippen molar-refractivity contribution in [3.63, 3.8) is 0 Å². The van der Waals surface area contributed by atoms with E-state index in [9.17, 15) is 4.79 Å². The van der Waals surface area contributed by atoms with Crippen LogP contribution in [0, 0.1) is 0 Å². The third-order valence-electron chi connectivity index (χ3n) is 1.48. The zero-order valence-electron chi connectivity index (χ0n) is 7.59. The van der Waals surface area contributed by atoms with Crippen LogP contribution in [0.3, 0.4) is 0 Å². The van der Waals surface area contributed by atoms with Gasteiger partial charge in [0.2, 0.25) is 0 Å². The van der Waals surface area contributed by atoms with E-state index in [1.165, 1.54) is 0 Å². The van der Waals surface area contributed by atoms with Gasteiger partial charge in [0.1, 0.15) is 5.76 Å². The molecule has 0 unspecified atom stereocenters. The van der Waals surface area contributed by atoms with Crippen LogP contribution in [0.1, 0.15) is 37.0 Å². The van der Waals surface area contributed by atoms with Gasteiger partial charge in [-0.05, 0) is 0 Å². The van der Waals surface area contributed by atoms with Crippen LogP contribution in [0.2, 0.25) is 0 Å². The first-order valence-electron chi connectivity index (χ1n) is 3.72. The molecule has 0 spiro atoms. The summed E-state index contributed by atoms with van der Waals surface area (Å²) in [4.78, 5) is 14.7. The first-order valence-corrected chi connectivity index (χ1v) is 4.52. The molecule has 0 radical (unpaired) electrons. The fraction of sp³-hybridized carbons (Fsp3) is 0.500. The topological polar surface area (TPSA) is 63.3 Å². The SMILES string of the molecule is CC(C)(C)c1oc(Br)nc1C(=O)O. The Morgan fingerprint density at radius 3 is 2.38 bits per heavy atom. The summed E-state index contributed by atoms with van der Waals surface area (Å²) < 4.78 is 5.17. The quantitative estimate of drug-likeness (QED) is 0.828. The van der Waals surface area contributed by atoms with E-state index < -0.39 is 5.97 Å². The van der Waals surface area contributed by atoms with E-state index in [-0.39, 0.29) is 15.9 Å². The molecule has 0 aliphatic rings. The third-order valence-corrected chi connectivity index (χ3v) is 1.82. The molecule has 5 heteroatoms. The number of nitrogens with zero attached hydrogens (tertiary/aromatic N) is 1. The molecule has 0 fully saturated rings. The van der Waals surface area contributed by atoms with E-state index in [0.29, 0.717) is 5.76 Å². The monoisotopic (exact) mass is 247 g/mol. The number of hydrogen-bond acceptors (Lipinski definition) is 3. The van der Waals surface area contributed by atoms with Gasteiger partial charge in [0.05, 0.1) is 0 Å². The van der Waals surface area contributed by atoms with Gasteiger partial charge in [-0.1, -0.05) is 20.8 Å². The molecular weight excluding hydrogens is 238 g/mol. The average molecular weight is 248 g/mol. The molecule has 0 bridgehead atoms. The molecule has 0 amide bonds. The molecule has 0 aromatic carbocycles. The van der Waals surface area contributed by atoms with Crippen LogP contribution in [-0.4, -0.2) is 16.1 Å². The first-order chi connectivity index (χ1) is 5.82. The largest absolute Gasteiger partial charge is 0.476 e. The number of carbonyl (C=O) groups is 1. The van der Waals surface area contributed by atoms with Crippen molar-refractivity contribution < 1.29 is 14.3 Å². The minimum Gasteiger partial charge on any atom is -0.476 e. The van der Waals surface area contributed by atoms with Gasteiger partial charge in [-0.2, -0.15) is 4.98 Å². The highest BCUT2D eigenvalue weighted by Crippen LogP contribution is 2.28. The molecule has 13 heavy (non-hydrogen) atoms. The molecule has 1 aromatic rings. The molecule has 72 valence electrons. The lowest BCUT2D eigenvalue weighted by atomic mass is 9.92. The number of carboxylic acids is 1. The van der Waals surface area contributed by atoms with Gasteiger partial charge in [-0.3, -0.25) is 0 Å². The van der Waals surface area contributed by atoms with Gasteiger partial charge in [-0.25, -0.2) is 4.79 Å². The first kappa shape index (κ1) is 10.2. The fourth-order valence-corrected chi connectivity index (χ4v) is 1.29. The average Bonchev–Trinajstić information content (AvgIpc) is 2.29. The Morgan fingerprint density at radius 2 is 2.08 bits per heavy atom. The van der Waals surface area contributed by atoms with Crippen molar-refractivity contribution in [1.82, 2.24) is 4.98 Å². The standard InChI is InChI=1S/C8H10BrNO3/c1-8(2,3)5-4(6(11)12)10-7(9)13-5/h1-3H3,(H,11,12). The second kappa shape index (κ2) is 3.14. The van der Waals surface area contributed by atoms with Gasteiger partial charge >= 0.3 is 5.97 Å². The Labute approximate surface area is 84.1 Å². The highest BCUT2D eigenvalue weighted by molar-refractivity contribution is 9.10. The van der Waals surface area contributed by atoms with Gasteiger partial charge in [-0.15, -0.1) is 0 Å². The summed E-state index contributed by atoms with van der Waals surface area (Å²) in [7, 11) is 0. The summed E-state index contributed by atoms with van der Waals surface area (Å²) in [5.74, 6) is -0.689. The van der Waals surface area contributed by atoms with Crippen LogP contribution >= 0.6 is 15.9 Å². The molecule has 0 saturated heterocycles. The Bertz CT molecular complexity index is 338. The summed E-state index contributed by atoms with van der Waals surface area (Å²) >= 11 is 3.00. The Hall–Kier alpha value is -0.840. The molecule has 1 heterocycles. The molecule has 0 aliphatic heterocycles. The molecular formula is C8H10BrNO3. The number of carboxylic acid groups (broad SMARTS) is 1. The van der Waals surface area contributed by atoms with Gasteiger partial charge in [0.25, 0.3) is 4.80 Å². The zero-order valence-corrected chi connectivity index (χ0v) is 9.17. The molecule has 0 aliphatic carbocycles. The number of rotatable bonds is 1. The lowest BCUT2D eigenvalue weighted by molar-refractivity contribution is 0.0686. The van der Waals surface area contributed by atoms with Crippen molar-refractivity contribution in [3.05, 3.63) is 16.3 Å². The summed E-state index contributed by atoms with van der Waals surface area (Å²) in [6.45, 7) is 5.60.